The molecule has 1 aromatic rings. The van der Waals surface area contributed by atoms with Crippen molar-refractivity contribution in [2.75, 3.05) is 25.8 Å². The Kier molecular flexibility index (Phi) is 5.78. The number of carbonyl (C=O) groups excluding carboxylic acids is 2. The lowest BCUT2D eigenvalue weighted by Crippen LogP contribution is -2.47. The van der Waals surface area contributed by atoms with Gasteiger partial charge in [-0.2, -0.15) is 5.10 Å². The van der Waals surface area contributed by atoms with Crippen molar-refractivity contribution in [1.29, 1.82) is 0 Å². The number of methoxy groups -OCH3 is 1. The Hall–Kier alpha value is -1.65. The molecule has 0 amide bonds. The molecule has 1 atom stereocenters. The maximum atomic E-state index is 12.3. The summed E-state index contributed by atoms with van der Waals surface area (Å²) >= 11 is 5.98. The molecule has 7 nitrogen and oxygen atoms in total. The molecule has 0 fully saturated rings. The highest BCUT2D eigenvalue weighted by atomic mass is 79.9. The Labute approximate surface area is 174 Å². The Bertz CT molecular complexity index is 843. The van der Waals surface area contributed by atoms with Gasteiger partial charge in [0.2, 0.25) is 9.37 Å². The molecule has 2 aliphatic rings. The van der Waals surface area contributed by atoms with Crippen LogP contribution in [0.15, 0.2) is 44.4 Å². The molecule has 0 saturated heterocycles. The van der Waals surface area contributed by atoms with Gasteiger partial charge in [0.1, 0.15) is 4.91 Å². The van der Waals surface area contributed by atoms with Crippen molar-refractivity contribution < 1.29 is 19.1 Å². The van der Waals surface area contributed by atoms with Gasteiger partial charge in [-0.25, -0.2) is 14.6 Å². The number of allylic oxidation sites excluding steroid dienone is 1. The summed E-state index contributed by atoms with van der Waals surface area (Å²) in [5.74, 6) is -0.901. The first kappa shape index (κ1) is 20.1. The first-order valence-corrected chi connectivity index (χ1v) is 10.5. The van der Waals surface area contributed by atoms with E-state index in [4.69, 9.17) is 9.47 Å². The fraction of sp³-hybridized carbons (Fsp3) is 0.353. The first-order valence-electron chi connectivity index (χ1n) is 8.06. The number of rotatable bonds is 4. The van der Waals surface area contributed by atoms with Gasteiger partial charge < -0.3 is 14.4 Å². The van der Waals surface area contributed by atoms with Gasteiger partial charge in [0.05, 0.1) is 19.4 Å². The van der Waals surface area contributed by atoms with E-state index in [1.807, 2.05) is 43.1 Å². The summed E-state index contributed by atoms with van der Waals surface area (Å²) in [6, 6.07) is 7.58. The number of hydrogen-bond donors (Lipinski definition) is 0. The number of benzene rings is 1. The van der Waals surface area contributed by atoms with Gasteiger partial charge in [0.25, 0.3) is 0 Å². The predicted molar refractivity (Wildman–Crippen MR) is 111 cm³/mol. The summed E-state index contributed by atoms with van der Waals surface area (Å²) in [6.45, 7) is 3.85. The highest BCUT2D eigenvalue weighted by Gasteiger charge is 2.56. The molecular weight excluding hydrogens is 454 g/mol. The second-order valence-corrected chi connectivity index (χ2v) is 9.15. The normalized spacial score (nSPS) is 21.7. The molecular formula is C17H18BrN3O4S2. The van der Waals surface area contributed by atoms with Crippen molar-refractivity contribution in [3.63, 3.8) is 0 Å². The van der Waals surface area contributed by atoms with Gasteiger partial charge in [-0.05, 0) is 49.9 Å². The summed E-state index contributed by atoms with van der Waals surface area (Å²) in [4.78, 5) is 27.0. The van der Waals surface area contributed by atoms with Crippen molar-refractivity contribution in [3.8, 4) is 0 Å². The van der Waals surface area contributed by atoms with Gasteiger partial charge in [-0.1, -0.05) is 27.7 Å². The average Bonchev–Trinajstić information content (AvgIpc) is 3.16. The molecule has 1 aromatic carbocycles. The quantitative estimate of drug-likeness (QED) is 0.616. The molecule has 2 heterocycles. The summed E-state index contributed by atoms with van der Waals surface area (Å²) in [7, 11) is 3.21. The van der Waals surface area contributed by atoms with E-state index in [9.17, 15) is 9.59 Å². The van der Waals surface area contributed by atoms with Crippen molar-refractivity contribution in [2.45, 2.75) is 18.2 Å². The van der Waals surface area contributed by atoms with Crippen molar-refractivity contribution >= 4 is 62.1 Å². The highest BCUT2D eigenvalue weighted by molar-refractivity contribution is 9.10. The molecule has 0 saturated carbocycles. The maximum Gasteiger partial charge on any atom is 0.365 e. The molecule has 1 unspecified atom stereocenters. The van der Waals surface area contributed by atoms with Crippen LogP contribution in [0.4, 0.5) is 5.69 Å². The molecule has 0 aromatic heterocycles. The van der Waals surface area contributed by atoms with Gasteiger partial charge >= 0.3 is 11.9 Å². The number of halogens is 1. The molecule has 0 bridgehead atoms. The zero-order valence-corrected chi connectivity index (χ0v) is 18.4. The number of anilines is 1. The van der Waals surface area contributed by atoms with Crippen LogP contribution >= 0.6 is 39.5 Å². The van der Waals surface area contributed by atoms with Crippen LogP contribution in [0, 0.1) is 0 Å². The summed E-state index contributed by atoms with van der Waals surface area (Å²) in [5.41, 5.74) is 1.53. The van der Waals surface area contributed by atoms with E-state index in [2.05, 4.69) is 21.0 Å². The van der Waals surface area contributed by atoms with E-state index < -0.39 is 16.3 Å². The van der Waals surface area contributed by atoms with Crippen LogP contribution in [0.5, 0.6) is 0 Å². The number of ether oxygens (including phenoxy) is 2. The fourth-order valence-corrected chi connectivity index (χ4v) is 5.78. The third-order valence-corrected chi connectivity index (χ3v) is 7.63. The zero-order valence-electron chi connectivity index (χ0n) is 15.2. The highest BCUT2D eigenvalue weighted by Crippen LogP contribution is 2.58. The number of hydrazone groups is 1. The third-order valence-electron chi connectivity index (χ3n) is 4.07. The molecule has 1 spiro atoms. The molecule has 3 rings (SSSR count). The Morgan fingerprint density at radius 1 is 1.22 bits per heavy atom. The predicted octanol–water partition coefficient (Wildman–Crippen LogP) is 3.57. The van der Waals surface area contributed by atoms with Crippen LogP contribution in [0.2, 0.25) is 0 Å². The van der Waals surface area contributed by atoms with Crippen LogP contribution in [0.3, 0.4) is 0 Å². The Morgan fingerprint density at radius 3 is 2.48 bits per heavy atom. The smallest absolute Gasteiger partial charge is 0.365 e. The lowest BCUT2D eigenvalue weighted by atomic mass is 10.3. The second kappa shape index (κ2) is 7.76. The van der Waals surface area contributed by atoms with Crippen molar-refractivity contribution in [3.05, 3.63) is 39.3 Å². The van der Waals surface area contributed by atoms with Crippen LogP contribution in [-0.2, 0) is 19.1 Å². The fourth-order valence-electron chi connectivity index (χ4n) is 2.62. The van der Waals surface area contributed by atoms with Crippen LogP contribution < -0.4 is 5.01 Å². The summed E-state index contributed by atoms with van der Waals surface area (Å²) < 4.78 is 10.1. The number of carbonyl (C=O) groups is 2. The van der Waals surface area contributed by atoms with Crippen LogP contribution in [0.1, 0.15) is 13.8 Å². The topological polar surface area (TPSA) is 71.4 Å². The standard InChI is InChI=1S/C17H18BrN3O4S2/c1-5-25-16(23)14-19-21(12-8-6-11(18)7-9-12)17(27-14)20(3)10(2)13(26-17)15(22)24-4/h6-9H,5H2,1-4H3. The molecule has 0 N–H and O–H groups in total. The lowest BCUT2D eigenvalue weighted by Gasteiger charge is -2.39. The molecule has 0 radical (unpaired) electrons. The molecule has 0 aliphatic carbocycles. The van der Waals surface area contributed by atoms with Crippen molar-refractivity contribution in [1.82, 2.24) is 4.90 Å². The minimum absolute atomic E-state index is 0.234. The Balaban J connectivity index is 2.04. The first-order chi connectivity index (χ1) is 12.8. The molecule has 27 heavy (non-hydrogen) atoms. The zero-order chi connectivity index (χ0) is 19.8. The molecule has 144 valence electrons. The number of nitrogens with zero attached hydrogens (tertiary/aromatic N) is 3. The van der Waals surface area contributed by atoms with Gasteiger partial charge in [-0.15, -0.1) is 0 Å². The Morgan fingerprint density at radius 2 is 1.89 bits per heavy atom. The minimum atomic E-state index is -0.858. The number of esters is 2. The molecule has 10 heteroatoms. The van der Waals surface area contributed by atoms with E-state index in [0.29, 0.717) is 4.91 Å². The third kappa shape index (κ3) is 3.45. The van der Waals surface area contributed by atoms with Gasteiger partial charge in [0, 0.05) is 17.2 Å². The van der Waals surface area contributed by atoms with Crippen molar-refractivity contribution in [2.24, 2.45) is 5.10 Å². The van der Waals surface area contributed by atoms with Crippen LogP contribution in [-0.4, -0.2) is 47.0 Å². The van der Waals surface area contributed by atoms with E-state index in [1.165, 1.54) is 30.6 Å². The number of thioether (sulfide) groups is 2. The summed E-state index contributed by atoms with van der Waals surface area (Å²) in [5, 5.41) is 6.50. The van der Waals surface area contributed by atoms with Gasteiger partial charge in [0.15, 0.2) is 0 Å². The van der Waals surface area contributed by atoms with E-state index in [0.717, 1.165) is 15.9 Å². The van der Waals surface area contributed by atoms with Crippen LogP contribution in [0.25, 0.3) is 0 Å². The van der Waals surface area contributed by atoms with Gasteiger partial charge in [-0.3, -0.25) is 0 Å². The SMILES string of the molecule is CCOC(=O)C1=NN(c2ccc(Br)cc2)C2(S1)SC(C(=O)OC)=C(C)N2C. The number of hydrogen-bond acceptors (Lipinski definition) is 9. The largest absolute Gasteiger partial charge is 0.465 e. The lowest BCUT2D eigenvalue weighted by molar-refractivity contribution is -0.135. The van der Waals surface area contributed by atoms with E-state index in [-0.39, 0.29) is 11.7 Å². The maximum absolute atomic E-state index is 12.3. The second-order valence-electron chi connectivity index (χ2n) is 5.63. The summed E-state index contributed by atoms with van der Waals surface area (Å²) in [6.07, 6.45) is 0. The monoisotopic (exact) mass is 471 g/mol. The average molecular weight is 472 g/mol. The van der Waals surface area contributed by atoms with E-state index in [1.54, 1.807) is 11.9 Å². The molecule has 2 aliphatic heterocycles. The van der Waals surface area contributed by atoms with E-state index >= 15 is 0 Å². The minimum Gasteiger partial charge on any atom is -0.465 e.